The Morgan fingerprint density at radius 2 is 1.91 bits per heavy atom. The zero-order chi connectivity index (χ0) is 24.3. The minimum Gasteiger partial charge on any atom is -0.379 e. The lowest BCUT2D eigenvalue weighted by Crippen LogP contribution is -2.47. The standard InChI is InChI=1S/C24H33ClFN3O3/c1-6-8-21(17(4)11-12-18(5)30)27-14-23(32)29(16(2)3)15-22(31)28-13-19-9-7-10-20(25)24(19)26/h6-10,16-17,27H,1,11-15H2,2-5H3,(H,28,31)/b21-8+. The molecule has 176 valence electrons. The van der Waals surface area contributed by atoms with Crippen molar-refractivity contribution in [3.63, 3.8) is 0 Å². The average Bonchev–Trinajstić information content (AvgIpc) is 2.73. The number of amides is 2. The van der Waals surface area contributed by atoms with Crippen LogP contribution in [0, 0.1) is 11.7 Å². The number of nitrogens with one attached hydrogen (secondary N) is 2. The first kappa shape index (κ1) is 27.4. The van der Waals surface area contributed by atoms with Gasteiger partial charge in [-0.3, -0.25) is 9.59 Å². The number of benzene rings is 1. The number of Topliss-reactive ketones (excluding diaryl/α,β-unsaturated/α-hetero) is 1. The molecule has 0 aliphatic heterocycles. The Kier molecular flexibility index (Phi) is 11.7. The summed E-state index contributed by atoms with van der Waals surface area (Å²) in [6, 6.07) is 4.37. The lowest BCUT2D eigenvalue weighted by Gasteiger charge is -2.27. The minimum absolute atomic E-state index is 0.00152. The molecule has 1 atom stereocenters. The van der Waals surface area contributed by atoms with Crippen LogP contribution in [0.1, 0.15) is 46.1 Å². The molecule has 0 radical (unpaired) electrons. The fourth-order valence-corrected chi connectivity index (χ4v) is 3.22. The van der Waals surface area contributed by atoms with Gasteiger partial charge in [-0.25, -0.2) is 4.39 Å². The number of allylic oxidation sites excluding steroid dienone is 3. The van der Waals surface area contributed by atoms with Crippen LogP contribution in [0.5, 0.6) is 0 Å². The Hall–Kier alpha value is -2.67. The Labute approximate surface area is 194 Å². The van der Waals surface area contributed by atoms with Gasteiger partial charge in [-0.15, -0.1) is 0 Å². The summed E-state index contributed by atoms with van der Waals surface area (Å²) in [5.41, 5.74) is 1.08. The summed E-state index contributed by atoms with van der Waals surface area (Å²) in [5.74, 6) is -1.06. The van der Waals surface area contributed by atoms with Crippen molar-refractivity contribution in [1.29, 1.82) is 0 Å². The van der Waals surface area contributed by atoms with Gasteiger partial charge in [-0.2, -0.15) is 0 Å². The SMILES string of the molecule is C=C/C=C(/NCC(=O)N(CC(=O)NCc1cccc(Cl)c1F)C(C)C)C(C)CCC(C)=O. The van der Waals surface area contributed by atoms with E-state index in [4.69, 9.17) is 11.6 Å². The molecule has 0 fully saturated rings. The van der Waals surface area contributed by atoms with Gasteiger partial charge in [-0.1, -0.05) is 43.3 Å². The average molecular weight is 466 g/mol. The van der Waals surface area contributed by atoms with Gasteiger partial charge < -0.3 is 20.3 Å². The first-order chi connectivity index (χ1) is 15.1. The molecule has 0 spiro atoms. The second-order valence-electron chi connectivity index (χ2n) is 7.96. The van der Waals surface area contributed by atoms with E-state index >= 15 is 0 Å². The molecular weight excluding hydrogens is 433 g/mol. The summed E-state index contributed by atoms with van der Waals surface area (Å²) in [7, 11) is 0. The quantitative estimate of drug-likeness (QED) is 0.432. The molecule has 0 bridgehead atoms. The van der Waals surface area contributed by atoms with Crippen molar-refractivity contribution in [2.24, 2.45) is 5.92 Å². The number of ketones is 1. The Balaban J connectivity index is 2.69. The minimum atomic E-state index is -0.573. The van der Waals surface area contributed by atoms with E-state index in [1.54, 1.807) is 25.1 Å². The predicted octanol–water partition coefficient (Wildman–Crippen LogP) is 4.00. The van der Waals surface area contributed by atoms with Crippen molar-refractivity contribution < 1.29 is 18.8 Å². The second kappa shape index (κ2) is 13.7. The number of hydrogen-bond donors (Lipinski definition) is 2. The molecular formula is C24H33ClFN3O3. The predicted molar refractivity (Wildman–Crippen MR) is 125 cm³/mol. The van der Waals surface area contributed by atoms with Crippen molar-refractivity contribution in [3.8, 4) is 0 Å². The molecule has 32 heavy (non-hydrogen) atoms. The fourth-order valence-electron chi connectivity index (χ4n) is 3.03. The third-order valence-electron chi connectivity index (χ3n) is 4.97. The smallest absolute Gasteiger partial charge is 0.242 e. The Bertz CT molecular complexity index is 855. The summed E-state index contributed by atoms with van der Waals surface area (Å²) in [6.45, 7) is 10.7. The van der Waals surface area contributed by atoms with Gasteiger partial charge in [0.15, 0.2) is 0 Å². The Morgan fingerprint density at radius 3 is 2.50 bits per heavy atom. The van der Waals surface area contributed by atoms with Crippen molar-refractivity contribution in [3.05, 3.63) is 59.0 Å². The van der Waals surface area contributed by atoms with Crippen LogP contribution in [0.4, 0.5) is 4.39 Å². The maximum Gasteiger partial charge on any atom is 0.242 e. The van der Waals surface area contributed by atoms with E-state index in [-0.39, 0.29) is 53.9 Å². The van der Waals surface area contributed by atoms with Gasteiger partial charge in [-0.05, 0) is 45.3 Å². The van der Waals surface area contributed by atoms with E-state index in [1.807, 2.05) is 20.8 Å². The topological polar surface area (TPSA) is 78.5 Å². The molecule has 1 aromatic carbocycles. The van der Waals surface area contributed by atoms with Gasteiger partial charge in [0.2, 0.25) is 11.8 Å². The van der Waals surface area contributed by atoms with E-state index in [0.717, 1.165) is 5.70 Å². The van der Waals surface area contributed by atoms with Crippen molar-refractivity contribution in [1.82, 2.24) is 15.5 Å². The molecule has 0 heterocycles. The van der Waals surface area contributed by atoms with Crippen LogP contribution in [0.25, 0.3) is 0 Å². The van der Waals surface area contributed by atoms with Crippen LogP contribution in [0.3, 0.4) is 0 Å². The molecule has 6 nitrogen and oxygen atoms in total. The number of rotatable bonds is 13. The third-order valence-corrected chi connectivity index (χ3v) is 5.26. The van der Waals surface area contributed by atoms with Gasteiger partial charge in [0.25, 0.3) is 0 Å². The van der Waals surface area contributed by atoms with E-state index < -0.39 is 11.7 Å². The maximum absolute atomic E-state index is 14.0. The molecule has 1 aromatic rings. The summed E-state index contributed by atoms with van der Waals surface area (Å²) in [4.78, 5) is 37.9. The molecule has 2 N–H and O–H groups in total. The maximum atomic E-state index is 14.0. The number of halogens is 2. The van der Waals surface area contributed by atoms with Crippen molar-refractivity contribution >= 4 is 29.2 Å². The summed E-state index contributed by atoms with van der Waals surface area (Å²) in [5, 5.41) is 5.73. The normalized spacial score (nSPS) is 12.3. The van der Waals surface area contributed by atoms with E-state index in [9.17, 15) is 18.8 Å². The van der Waals surface area contributed by atoms with Gasteiger partial charge in [0.1, 0.15) is 11.6 Å². The highest BCUT2D eigenvalue weighted by Crippen LogP contribution is 2.17. The van der Waals surface area contributed by atoms with Crippen LogP contribution >= 0.6 is 11.6 Å². The highest BCUT2D eigenvalue weighted by atomic mass is 35.5. The van der Waals surface area contributed by atoms with Crippen molar-refractivity contribution in [2.45, 2.75) is 53.1 Å². The lowest BCUT2D eigenvalue weighted by atomic mass is 9.99. The highest BCUT2D eigenvalue weighted by molar-refractivity contribution is 6.30. The summed E-state index contributed by atoms with van der Waals surface area (Å²) < 4.78 is 14.0. The molecule has 0 saturated heterocycles. The molecule has 0 aliphatic carbocycles. The molecule has 0 saturated carbocycles. The molecule has 1 rings (SSSR count). The van der Waals surface area contributed by atoms with Crippen LogP contribution in [0.2, 0.25) is 5.02 Å². The summed E-state index contributed by atoms with van der Waals surface area (Å²) in [6.07, 6.45) is 4.52. The molecule has 2 amide bonds. The van der Waals surface area contributed by atoms with Crippen LogP contribution in [0.15, 0.2) is 42.6 Å². The second-order valence-corrected chi connectivity index (χ2v) is 8.37. The third kappa shape index (κ3) is 9.22. The Morgan fingerprint density at radius 1 is 1.22 bits per heavy atom. The van der Waals surface area contributed by atoms with Crippen LogP contribution in [-0.2, 0) is 20.9 Å². The first-order valence-corrected chi connectivity index (χ1v) is 11.0. The van der Waals surface area contributed by atoms with Crippen LogP contribution in [-0.4, -0.2) is 41.6 Å². The molecule has 0 aliphatic rings. The monoisotopic (exact) mass is 465 g/mol. The van der Waals surface area contributed by atoms with E-state index in [2.05, 4.69) is 17.2 Å². The van der Waals surface area contributed by atoms with Crippen LogP contribution < -0.4 is 10.6 Å². The zero-order valence-electron chi connectivity index (χ0n) is 19.2. The number of carbonyl (C=O) groups is 3. The molecule has 8 heteroatoms. The van der Waals surface area contributed by atoms with Gasteiger partial charge in [0, 0.05) is 30.3 Å². The highest BCUT2D eigenvalue weighted by Gasteiger charge is 2.21. The first-order valence-electron chi connectivity index (χ1n) is 10.6. The number of carbonyl (C=O) groups excluding carboxylic acids is 3. The summed E-state index contributed by atoms with van der Waals surface area (Å²) >= 11 is 5.76. The lowest BCUT2D eigenvalue weighted by molar-refractivity contribution is -0.137. The fraction of sp³-hybridized carbons (Fsp3) is 0.458. The molecule has 0 aromatic heterocycles. The van der Waals surface area contributed by atoms with E-state index in [1.165, 1.54) is 17.0 Å². The van der Waals surface area contributed by atoms with Gasteiger partial charge >= 0.3 is 0 Å². The van der Waals surface area contributed by atoms with E-state index in [0.29, 0.717) is 12.8 Å². The molecule has 1 unspecified atom stereocenters. The largest absolute Gasteiger partial charge is 0.379 e. The van der Waals surface area contributed by atoms with Gasteiger partial charge in [0.05, 0.1) is 18.1 Å². The number of hydrogen-bond acceptors (Lipinski definition) is 4. The number of nitrogens with zero attached hydrogens (tertiary/aromatic N) is 1. The van der Waals surface area contributed by atoms with Crippen molar-refractivity contribution in [2.75, 3.05) is 13.1 Å². The zero-order valence-corrected chi connectivity index (χ0v) is 20.0.